The summed E-state index contributed by atoms with van der Waals surface area (Å²) >= 11 is 0. The number of hydrogen-bond donors (Lipinski definition) is 4. The summed E-state index contributed by atoms with van der Waals surface area (Å²) in [5.41, 5.74) is 12.3. The van der Waals surface area contributed by atoms with Crippen molar-refractivity contribution >= 4 is 23.6 Å². The van der Waals surface area contributed by atoms with E-state index in [0.29, 0.717) is 17.7 Å². The largest absolute Gasteiger partial charge is 0.481 e. The van der Waals surface area contributed by atoms with Gasteiger partial charge in [0, 0.05) is 11.4 Å². The minimum atomic E-state index is -1.02. The van der Waals surface area contributed by atoms with E-state index in [1.54, 1.807) is 24.3 Å². The molecular formula is C11H15N3O3. The third-order valence-corrected chi connectivity index (χ3v) is 2.28. The zero-order chi connectivity index (χ0) is 12.8. The number of aliphatic carboxylic acids is 1. The lowest BCUT2D eigenvalue weighted by atomic mass is 10.1. The first-order chi connectivity index (χ1) is 8.02. The van der Waals surface area contributed by atoms with Crippen molar-refractivity contribution in [2.75, 3.05) is 11.1 Å². The summed E-state index contributed by atoms with van der Waals surface area (Å²) in [5, 5.41) is 11.6. The minimum absolute atomic E-state index is 0.232. The molecule has 6 N–H and O–H groups in total. The third-order valence-electron chi connectivity index (χ3n) is 2.28. The van der Waals surface area contributed by atoms with E-state index >= 15 is 0 Å². The Balaban J connectivity index is 2.74. The fourth-order valence-corrected chi connectivity index (χ4v) is 1.36. The molecule has 0 aromatic heterocycles. The molecular weight excluding hydrogens is 222 g/mol. The fourth-order valence-electron chi connectivity index (χ4n) is 1.36. The van der Waals surface area contributed by atoms with Gasteiger partial charge in [-0.25, -0.2) is 0 Å². The van der Waals surface area contributed by atoms with Crippen LogP contribution in [-0.4, -0.2) is 29.4 Å². The van der Waals surface area contributed by atoms with E-state index < -0.39 is 18.1 Å². The maximum atomic E-state index is 10.6. The Kier molecular flexibility index (Phi) is 4.47. The van der Waals surface area contributed by atoms with Crippen LogP contribution in [0, 0.1) is 0 Å². The molecule has 92 valence electrons. The quantitative estimate of drug-likeness (QED) is 0.410. The van der Waals surface area contributed by atoms with E-state index in [1.165, 1.54) is 0 Å². The maximum Gasteiger partial charge on any atom is 0.305 e. The Labute approximate surface area is 98.6 Å². The molecule has 1 rings (SSSR count). The molecule has 0 aliphatic carbocycles. The van der Waals surface area contributed by atoms with Crippen LogP contribution in [0.15, 0.2) is 24.3 Å². The first-order valence-corrected chi connectivity index (χ1v) is 5.07. The number of benzene rings is 1. The zero-order valence-corrected chi connectivity index (χ0v) is 9.17. The Hall–Kier alpha value is -2.08. The highest BCUT2D eigenvalue weighted by Gasteiger charge is 2.20. The summed E-state index contributed by atoms with van der Waals surface area (Å²) in [5.74, 6) is -1.02. The molecule has 1 aromatic carbocycles. The molecule has 17 heavy (non-hydrogen) atoms. The number of nitrogens with two attached hydrogens (primary N) is 2. The third kappa shape index (κ3) is 4.12. The molecule has 1 unspecified atom stereocenters. The molecule has 0 saturated carbocycles. The summed E-state index contributed by atoms with van der Waals surface area (Å²) in [6, 6.07) is 5.22. The summed E-state index contributed by atoms with van der Waals surface area (Å²) < 4.78 is 0. The van der Waals surface area contributed by atoms with Crippen molar-refractivity contribution in [1.82, 2.24) is 0 Å². The number of rotatable bonds is 6. The van der Waals surface area contributed by atoms with Crippen molar-refractivity contribution in [3.8, 4) is 0 Å². The lowest BCUT2D eigenvalue weighted by molar-refractivity contribution is -0.137. The second-order valence-electron chi connectivity index (χ2n) is 3.68. The molecule has 0 aliphatic heterocycles. The van der Waals surface area contributed by atoms with Crippen LogP contribution in [-0.2, 0) is 9.59 Å². The number of nitrogens with one attached hydrogen (secondary N) is 1. The topological polar surface area (TPSA) is 118 Å². The Morgan fingerprint density at radius 1 is 1.41 bits per heavy atom. The van der Waals surface area contributed by atoms with Gasteiger partial charge in [0.25, 0.3) is 0 Å². The van der Waals surface area contributed by atoms with E-state index in [2.05, 4.69) is 5.32 Å². The molecule has 0 fully saturated rings. The van der Waals surface area contributed by atoms with Gasteiger partial charge in [0.15, 0.2) is 0 Å². The summed E-state index contributed by atoms with van der Waals surface area (Å²) in [6.45, 7) is 0. The highest BCUT2D eigenvalue weighted by Crippen LogP contribution is 2.13. The van der Waals surface area contributed by atoms with E-state index in [9.17, 15) is 9.59 Å². The number of carboxylic acids is 1. The SMILES string of the molecule is Nc1ccc(NC(CC(=O)O)[C@H](N)C=O)cc1. The van der Waals surface area contributed by atoms with Crippen LogP contribution in [0.3, 0.4) is 0 Å². The van der Waals surface area contributed by atoms with Gasteiger partial charge in [-0.3, -0.25) is 4.79 Å². The van der Waals surface area contributed by atoms with Crippen LogP contribution in [0.5, 0.6) is 0 Å². The molecule has 0 amide bonds. The molecule has 1 aromatic rings. The van der Waals surface area contributed by atoms with E-state index in [4.69, 9.17) is 16.6 Å². The molecule has 0 bridgehead atoms. The van der Waals surface area contributed by atoms with Gasteiger partial charge >= 0.3 is 5.97 Å². The number of nitrogen functional groups attached to an aromatic ring is 1. The lowest BCUT2D eigenvalue weighted by Gasteiger charge is -2.20. The minimum Gasteiger partial charge on any atom is -0.481 e. The van der Waals surface area contributed by atoms with Gasteiger partial charge in [0.1, 0.15) is 6.29 Å². The summed E-state index contributed by atoms with van der Waals surface area (Å²) in [4.78, 5) is 21.2. The second kappa shape index (κ2) is 5.86. The van der Waals surface area contributed by atoms with Gasteiger partial charge in [0.2, 0.25) is 0 Å². The van der Waals surface area contributed by atoms with Crippen molar-refractivity contribution in [1.29, 1.82) is 0 Å². The van der Waals surface area contributed by atoms with Crippen molar-refractivity contribution in [2.24, 2.45) is 5.73 Å². The molecule has 0 aliphatic rings. The monoisotopic (exact) mass is 237 g/mol. The van der Waals surface area contributed by atoms with Gasteiger partial charge in [-0.1, -0.05) is 0 Å². The van der Waals surface area contributed by atoms with Crippen LogP contribution in [0.4, 0.5) is 11.4 Å². The number of carbonyl (C=O) groups excluding carboxylic acids is 1. The lowest BCUT2D eigenvalue weighted by Crippen LogP contribution is -2.42. The van der Waals surface area contributed by atoms with Crippen LogP contribution < -0.4 is 16.8 Å². The smallest absolute Gasteiger partial charge is 0.305 e. The van der Waals surface area contributed by atoms with Crippen molar-refractivity contribution in [3.63, 3.8) is 0 Å². The maximum absolute atomic E-state index is 10.6. The predicted molar refractivity (Wildman–Crippen MR) is 64.6 cm³/mol. The van der Waals surface area contributed by atoms with Crippen molar-refractivity contribution in [2.45, 2.75) is 18.5 Å². The molecule has 6 heteroatoms. The van der Waals surface area contributed by atoms with E-state index in [0.717, 1.165) is 0 Å². The van der Waals surface area contributed by atoms with Gasteiger partial charge in [0.05, 0.1) is 18.5 Å². The second-order valence-corrected chi connectivity index (χ2v) is 3.68. The Bertz CT molecular complexity index is 391. The van der Waals surface area contributed by atoms with Gasteiger partial charge in [-0.05, 0) is 24.3 Å². The number of carboxylic acid groups (broad SMARTS) is 1. The average molecular weight is 237 g/mol. The van der Waals surface area contributed by atoms with Crippen LogP contribution in [0.25, 0.3) is 0 Å². The first kappa shape index (κ1) is 13.0. The highest BCUT2D eigenvalue weighted by molar-refractivity contribution is 5.71. The zero-order valence-electron chi connectivity index (χ0n) is 9.17. The fraction of sp³-hybridized carbons (Fsp3) is 0.273. The van der Waals surface area contributed by atoms with E-state index in [1.807, 2.05) is 0 Å². The average Bonchev–Trinajstić information content (AvgIpc) is 2.29. The molecule has 6 nitrogen and oxygen atoms in total. The summed E-state index contributed by atoms with van der Waals surface area (Å²) in [7, 11) is 0. The predicted octanol–water partition coefficient (Wildman–Crippen LogP) is 0.0502. The molecule has 0 spiro atoms. The molecule has 0 heterocycles. The molecule has 0 saturated heterocycles. The van der Waals surface area contributed by atoms with Gasteiger partial charge in [-0.15, -0.1) is 0 Å². The first-order valence-electron chi connectivity index (χ1n) is 5.07. The van der Waals surface area contributed by atoms with Gasteiger partial charge in [-0.2, -0.15) is 0 Å². The van der Waals surface area contributed by atoms with Gasteiger partial charge < -0.3 is 26.7 Å². The number of aldehydes is 1. The number of carbonyl (C=O) groups is 2. The van der Waals surface area contributed by atoms with Crippen molar-refractivity contribution < 1.29 is 14.7 Å². The highest BCUT2D eigenvalue weighted by atomic mass is 16.4. The molecule has 2 atom stereocenters. The Morgan fingerprint density at radius 3 is 2.47 bits per heavy atom. The normalized spacial score (nSPS) is 13.7. The number of hydrogen-bond acceptors (Lipinski definition) is 5. The standard InChI is InChI=1S/C11H15N3O3/c12-7-1-3-8(4-2-7)14-10(5-11(16)17)9(13)6-15/h1-4,6,9-10,14H,5,12-13H2,(H,16,17)/t9-,10?/m1/s1. The van der Waals surface area contributed by atoms with Crippen LogP contribution in [0.1, 0.15) is 6.42 Å². The van der Waals surface area contributed by atoms with Crippen LogP contribution in [0.2, 0.25) is 0 Å². The van der Waals surface area contributed by atoms with Crippen molar-refractivity contribution in [3.05, 3.63) is 24.3 Å². The van der Waals surface area contributed by atoms with Crippen LogP contribution >= 0.6 is 0 Å². The Morgan fingerprint density at radius 2 is 2.00 bits per heavy atom. The number of anilines is 2. The van der Waals surface area contributed by atoms with E-state index in [-0.39, 0.29) is 6.42 Å². The molecule has 0 radical (unpaired) electrons. The summed E-state index contributed by atoms with van der Waals surface area (Å²) in [6.07, 6.45) is 0.294.